The molecule has 552 valence electrons. The van der Waals surface area contributed by atoms with Gasteiger partial charge in [-0.05, 0) is 89.4 Å². The number of aryl methyl sites for hydroxylation is 3. The van der Waals surface area contributed by atoms with Crippen molar-refractivity contribution < 1.29 is 88.2 Å². The molecular formula is C80H73N21O9. The number of pyridine rings is 3. The Hall–Kier alpha value is -14.3. The summed E-state index contributed by atoms with van der Waals surface area (Å²) in [6.45, 7) is 2.81. The van der Waals surface area contributed by atoms with E-state index in [0.717, 1.165) is 51.5 Å². The summed E-state index contributed by atoms with van der Waals surface area (Å²) in [6, 6.07) is 3.05. The van der Waals surface area contributed by atoms with Crippen LogP contribution in [0.4, 0.5) is 0 Å². The summed E-state index contributed by atoms with van der Waals surface area (Å²) in [7, 11) is 3.75. The van der Waals surface area contributed by atoms with Crippen LogP contribution in [-0.2, 0) is 14.4 Å². The van der Waals surface area contributed by atoms with Crippen LogP contribution < -0.4 is 14.2 Å². The highest BCUT2D eigenvalue weighted by atomic mass is 16.5. The van der Waals surface area contributed by atoms with E-state index >= 15 is 0 Å². The molecule has 12 heterocycles. The number of carbonyl (C=O) groups excluding carboxylic acids is 6. The molecule has 110 heavy (non-hydrogen) atoms. The third-order valence-electron chi connectivity index (χ3n) is 16.5. The van der Waals surface area contributed by atoms with Crippen LogP contribution in [0.1, 0.15) is 160 Å². The largest absolute Gasteiger partial charge is 0.494 e. The van der Waals surface area contributed by atoms with Crippen molar-refractivity contribution in [3.05, 3.63) is 248 Å². The van der Waals surface area contributed by atoms with Crippen LogP contribution in [-0.4, -0.2) is 184 Å². The van der Waals surface area contributed by atoms with Gasteiger partial charge in [0.1, 0.15) is 53.7 Å². The quantitative estimate of drug-likeness (QED) is 0.0488. The number of H-pyrrole nitrogens is 3. The number of piperidine rings is 3. The Morgan fingerprint density at radius 1 is 0.455 bits per heavy atom. The molecule has 30 nitrogen and oxygen atoms in total. The van der Waals surface area contributed by atoms with Gasteiger partial charge in [0.15, 0.2) is 34.5 Å². The predicted molar refractivity (Wildman–Crippen MR) is 407 cm³/mol. The summed E-state index contributed by atoms with van der Waals surface area (Å²) in [4.78, 5) is 125. The predicted octanol–water partition coefficient (Wildman–Crippen LogP) is 11.4. The number of hydrogen-bond donors (Lipinski definition) is 3. The number of nitrogens with zero attached hydrogens (tertiary/aromatic N) is 18. The summed E-state index contributed by atoms with van der Waals surface area (Å²) in [5, 5.41) is 11.7. The molecule has 0 atom stereocenters. The third-order valence-corrected chi connectivity index (χ3v) is 16.5. The molecule has 0 aliphatic carbocycles. The molecule has 30 heteroatoms. The molecule has 0 saturated carbocycles. The molecule has 3 aliphatic heterocycles. The maximum atomic E-state index is 14.0. The fraction of sp³-hybridized carbons (Fsp3) is 0.250. The van der Waals surface area contributed by atoms with E-state index in [1.54, 1.807) is 6.07 Å². The van der Waals surface area contributed by atoms with Crippen molar-refractivity contribution in [1.29, 1.82) is 0 Å². The van der Waals surface area contributed by atoms with Gasteiger partial charge >= 0.3 is 0 Å². The number of aromatic amines is 3. The van der Waals surface area contributed by atoms with Gasteiger partial charge in [0.2, 0.25) is 0 Å². The Balaban J connectivity index is 0.000000181. The molecular weight excluding hydrogens is 1400 g/mol. The summed E-state index contributed by atoms with van der Waals surface area (Å²) in [5.41, 5.74) is -5.99. The van der Waals surface area contributed by atoms with Gasteiger partial charge in [-0.3, -0.25) is 28.8 Å². The Morgan fingerprint density at radius 3 is 1.10 bits per heavy atom. The minimum Gasteiger partial charge on any atom is -0.494 e. The van der Waals surface area contributed by atoms with E-state index in [2.05, 4.69) is 74.7 Å². The number of fused-ring (bicyclic) bond motifs is 3. The first-order chi connectivity index (χ1) is 66.4. The van der Waals surface area contributed by atoms with Crippen LogP contribution in [0, 0.1) is 54.1 Å². The summed E-state index contributed by atoms with van der Waals surface area (Å²) < 4.78 is 292. The van der Waals surface area contributed by atoms with Gasteiger partial charge in [0, 0.05) is 91.9 Å². The number of nitrogens with one attached hydrogen (secondary N) is 3. The number of ketones is 3. The lowest BCUT2D eigenvalue weighted by Crippen LogP contribution is -2.40. The van der Waals surface area contributed by atoms with E-state index in [-0.39, 0.29) is 157 Å². The van der Waals surface area contributed by atoms with Crippen LogP contribution in [0.25, 0.3) is 81.8 Å². The minimum absolute atomic E-state index is 0.00754. The molecule has 3 fully saturated rings. The molecule has 0 bridgehead atoms. The molecule has 15 rings (SSSR count). The molecule has 9 aromatic heterocycles. The Bertz CT molecular complexity index is 7450. The monoisotopic (exact) mass is 1500 g/mol. The highest BCUT2D eigenvalue weighted by Crippen LogP contribution is 2.38. The van der Waals surface area contributed by atoms with E-state index in [4.69, 9.17) is 79.2 Å². The topological polar surface area (TPSA) is 331 Å². The first-order valence-corrected chi connectivity index (χ1v) is 31.9. The van der Waals surface area contributed by atoms with Crippen molar-refractivity contribution in [2.75, 3.05) is 60.4 Å². The van der Waals surface area contributed by atoms with Gasteiger partial charge < -0.3 is 43.9 Å². The number of ether oxygens (including phenoxy) is 3. The van der Waals surface area contributed by atoms with Crippen molar-refractivity contribution in [2.45, 2.75) is 72.7 Å². The molecule has 3 amide bonds. The normalized spacial score (nSPS) is 21.9. The number of Topliss-reactive ketones (excluding diaryl/α,β-unsaturated/α-hetero) is 3. The van der Waals surface area contributed by atoms with Crippen molar-refractivity contribution in [2.24, 2.45) is 0 Å². The molecule has 0 spiro atoms. The first-order valence-electron chi connectivity index (χ1n) is 48.4. The summed E-state index contributed by atoms with van der Waals surface area (Å²) in [5.74, 6) is -10.5. The van der Waals surface area contributed by atoms with E-state index in [1.807, 2.05) is 0 Å². The highest BCUT2D eigenvalue weighted by molar-refractivity contribution is 6.46. The van der Waals surface area contributed by atoms with Gasteiger partial charge in [-0.1, -0.05) is 107 Å². The van der Waals surface area contributed by atoms with Crippen LogP contribution in [0.3, 0.4) is 0 Å². The van der Waals surface area contributed by atoms with Crippen molar-refractivity contribution in [1.82, 2.24) is 88.9 Å². The lowest BCUT2D eigenvalue weighted by atomic mass is 9.97. The van der Waals surface area contributed by atoms with Crippen LogP contribution >= 0.6 is 0 Å². The highest BCUT2D eigenvalue weighted by Gasteiger charge is 2.35. The molecule has 3 aromatic carbocycles. The lowest BCUT2D eigenvalue weighted by molar-refractivity contribution is -0.127. The number of benzene rings is 3. The fourth-order valence-corrected chi connectivity index (χ4v) is 11.2. The van der Waals surface area contributed by atoms with Crippen molar-refractivity contribution in [3.8, 4) is 34.7 Å². The Kier molecular flexibility index (Phi) is 12.7. The smallest absolute Gasteiger partial charge is 0.295 e. The number of rotatable bonds is 15. The van der Waals surface area contributed by atoms with Crippen LogP contribution in [0.15, 0.2) is 152 Å². The average molecular weight is 1510 g/mol. The molecule has 12 aromatic rings. The standard InChI is InChI=1S/2C27H25N7O3.C26H23N7O3/c2*1-16-5-7-18(8-6-16)23(28-3)19-9-11-33(12-10-19)27(36)25(35)20-13-29-24-22(20)21(37-4)14-30-26(24)34-15-31-17(2)32-34;1-16-30-15-33(31-16)25-23-21(20(36-3)14-29-25)19(13-28-23)24(34)26(35)32-11-9-18(10-12-32)22(27-2)17-7-5-4-6-8-17/h2*5-8,13-15,29H,9-12H2,1-2,4H3;4-8,13-15,28H,9-12H2,1,3H3/i2D3,5D,6D,7D,8D,9D2,10D2,11D2,12D2;2D3,5D,6D,7D,8D;1D3,9D2,10D2,11D2,12D2. The number of hydrogen-bond acceptors (Lipinski definition) is 18. The van der Waals surface area contributed by atoms with Crippen LogP contribution in [0.5, 0.6) is 17.2 Å². The number of likely N-dealkylation sites (tertiary alicyclic amines) is 3. The maximum Gasteiger partial charge on any atom is 0.295 e. The maximum absolute atomic E-state index is 14.0. The number of carbonyl (C=O) groups is 6. The van der Waals surface area contributed by atoms with Gasteiger partial charge in [-0.2, -0.15) is 15.3 Å². The Labute approximate surface area is 676 Å². The zero-order chi connectivity index (χ0) is 106. The summed E-state index contributed by atoms with van der Waals surface area (Å²) >= 11 is 0. The van der Waals surface area contributed by atoms with E-state index in [1.165, 1.54) is 83.1 Å². The average Bonchev–Trinajstić information content (AvgIpc) is 1.14. The molecule has 0 radical (unpaired) electrons. The van der Waals surface area contributed by atoms with Crippen LogP contribution in [0.2, 0.25) is 0 Å². The third kappa shape index (κ3) is 14.9. The molecule has 3 aliphatic rings. The van der Waals surface area contributed by atoms with Crippen molar-refractivity contribution >= 4 is 84.9 Å². The minimum atomic E-state index is -3.96. The van der Waals surface area contributed by atoms with Gasteiger partial charge in [0.05, 0.1) is 120 Å². The second-order valence-electron chi connectivity index (χ2n) is 23.0. The van der Waals surface area contributed by atoms with E-state index in [0.29, 0.717) is 5.57 Å². The molecule has 0 unspecified atom stereocenters. The lowest BCUT2D eigenvalue weighted by Gasteiger charge is -2.28. The zero-order valence-corrected chi connectivity index (χ0v) is 57.6. The zero-order valence-electron chi connectivity index (χ0n) is 90.6. The first kappa shape index (κ1) is 43.3. The molecule has 3 N–H and O–H groups in total. The SMILES string of the molecule is [2H]C([2H])([2H])c1ncn(-c2ncc(OC)c3c(C(=O)C(=O)N4C([2H])([2H])C([2H])([2H])C(=C([N+]#[C-])c5ccccc5)C([2H])([2H])C4([2H])[2H])c[nH]c23)n1.[2H]c1c([2H])c(C([N+]#[C-])=C2C([2H])([2H])C([2H])([2H])N(C(=O)C(=O)c3c[nH]c4c(-n5cnc(C([2H])([2H])[2H])n5)ncc(OC)c34)C([2H])([2H])C2([2H])[2H])c([2H])c([2H])c1C.[2H]c1c([2H])c(C([N+]#[C-])=C2CCN(C(=O)C(=O)c3c[nH]c4c(-n5cnc(C([2H])([2H])[2H])n5)ncc(OC)c34)CC2)c([2H])c([2H])c1C. The second-order valence-corrected chi connectivity index (χ2v) is 23.0. The second kappa shape index (κ2) is 32.2. The van der Waals surface area contributed by atoms with E-state index < -0.39 is 192 Å². The number of aromatic nitrogens is 15. The Morgan fingerprint density at radius 2 is 0.782 bits per heavy atom. The van der Waals surface area contributed by atoms with Gasteiger partial charge in [-0.25, -0.2) is 58.5 Å². The van der Waals surface area contributed by atoms with E-state index in [9.17, 15) is 28.8 Å². The number of methoxy groups -OCH3 is 3. The van der Waals surface area contributed by atoms with Gasteiger partial charge in [0.25, 0.3) is 35.1 Å². The molecule has 3 saturated heterocycles. The fourth-order valence-electron chi connectivity index (χ4n) is 11.2. The summed E-state index contributed by atoms with van der Waals surface area (Å²) in [6.07, 6.45) is -4.36. The van der Waals surface area contributed by atoms with Crippen molar-refractivity contribution in [3.63, 3.8) is 0 Å². The van der Waals surface area contributed by atoms with Gasteiger partial charge in [-0.15, -0.1) is 0 Å². The number of amides is 3.